The van der Waals surface area contributed by atoms with E-state index in [2.05, 4.69) is 21.6 Å². The van der Waals surface area contributed by atoms with Crippen LogP contribution < -0.4 is 4.74 Å². The molecule has 7 heteroatoms. The van der Waals surface area contributed by atoms with Crippen LogP contribution in [0.2, 0.25) is 0 Å². The van der Waals surface area contributed by atoms with Crippen molar-refractivity contribution in [3.63, 3.8) is 0 Å². The van der Waals surface area contributed by atoms with Crippen molar-refractivity contribution in [3.8, 4) is 17.2 Å². The van der Waals surface area contributed by atoms with E-state index in [0.717, 1.165) is 18.5 Å². The number of aromatic nitrogens is 2. The molecule has 0 unspecified atom stereocenters. The number of carbonyl (C=O) groups excluding carboxylic acids is 1. The van der Waals surface area contributed by atoms with Crippen molar-refractivity contribution in [1.29, 1.82) is 0 Å². The SMILES string of the molecule is O=C(COc1ccc(-c2nnco2)cc1)N1CCc2sccc2C1. The zero-order valence-electron chi connectivity index (χ0n) is 12.8. The van der Waals surface area contributed by atoms with Crippen LogP contribution in [0.4, 0.5) is 0 Å². The van der Waals surface area contributed by atoms with Gasteiger partial charge in [0.1, 0.15) is 5.75 Å². The van der Waals surface area contributed by atoms with Crippen molar-refractivity contribution in [2.45, 2.75) is 13.0 Å². The van der Waals surface area contributed by atoms with E-state index < -0.39 is 0 Å². The highest BCUT2D eigenvalue weighted by molar-refractivity contribution is 7.10. The van der Waals surface area contributed by atoms with E-state index in [-0.39, 0.29) is 12.5 Å². The first-order valence-corrected chi connectivity index (χ1v) is 8.50. The summed E-state index contributed by atoms with van der Waals surface area (Å²) < 4.78 is 10.7. The van der Waals surface area contributed by atoms with Gasteiger partial charge in [0.05, 0.1) is 0 Å². The molecule has 122 valence electrons. The van der Waals surface area contributed by atoms with E-state index in [1.807, 2.05) is 17.0 Å². The molecule has 2 aromatic heterocycles. The van der Waals surface area contributed by atoms with Crippen molar-refractivity contribution in [2.75, 3.05) is 13.2 Å². The molecule has 0 N–H and O–H groups in total. The predicted molar refractivity (Wildman–Crippen MR) is 88.7 cm³/mol. The zero-order chi connectivity index (χ0) is 16.4. The number of nitrogens with zero attached hydrogens (tertiary/aromatic N) is 3. The van der Waals surface area contributed by atoms with Crippen LogP contribution in [0.25, 0.3) is 11.5 Å². The lowest BCUT2D eigenvalue weighted by Gasteiger charge is -2.26. The van der Waals surface area contributed by atoms with Crippen LogP contribution in [0.1, 0.15) is 10.4 Å². The van der Waals surface area contributed by atoms with Crippen molar-refractivity contribution < 1.29 is 13.9 Å². The third kappa shape index (κ3) is 3.03. The van der Waals surface area contributed by atoms with E-state index in [9.17, 15) is 4.79 Å². The zero-order valence-corrected chi connectivity index (χ0v) is 13.7. The number of fused-ring (bicyclic) bond motifs is 1. The van der Waals surface area contributed by atoms with Gasteiger partial charge in [-0.3, -0.25) is 4.79 Å². The molecule has 1 aliphatic rings. The van der Waals surface area contributed by atoms with Gasteiger partial charge in [-0.1, -0.05) is 0 Å². The summed E-state index contributed by atoms with van der Waals surface area (Å²) in [5, 5.41) is 9.58. The second-order valence-corrected chi connectivity index (χ2v) is 6.49. The Morgan fingerprint density at radius 3 is 2.96 bits per heavy atom. The summed E-state index contributed by atoms with van der Waals surface area (Å²) in [5.41, 5.74) is 2.07. The normalized spacial score (nSPS) is 13.6. The first-order valence-electron chi connectivity index (χ1n) is 7.62. The number of hydrogen-bond donors (Lipinski definition) is 0. The van der Waals surface area contributed by atoms with Gasteiger partial charge < -0.3 is 14.1 Å². The van der Waals surface area contributed by atoms with E-state index in [0.29, 0.717) is 18.2 Å². The lowest BCUT2D eigenvalue weighted by atomic mass is 10.1. The fraction of sp³-hybridized carbons (Fsp3) is 0.235. The molecule has 0 fully saturated rings. The van der Waals surface area contributed by atoms with Gasteiger partial charge in [-0.25, -0.2) is 0 Å². The standard InChI is InChI=1S/C17H15N3O3S/c21-16(20-7-5-15-13(9-20)6-8-24-15)10-22-14-3-1-12(2-4-14)17-19-18-11-23-17/h1-4,6,8,11H,5,7,9-10H2. The van der Waals surface area contributed by atoms with Crippen LogP contribution in [-0.2, 0) is 17.8 Å². The summed E-state index contributed by atoms with van der Waals surface area (Å²) in [7, 11) is 0. The molecule has 3 aromatic rings. The highest BCUT2D eigenvalue weighted by Gasteiger charge is 2.21. The Hall–Kier alpha value is -2.67. The molecule has 0 bridgehead atoms. The van der Waals surface area contributed by atoms with Crippen molar-refractivity contribution in [1.82, 2.24) is 15.1 Å². The summed E-state index contributed by atoms with van der Waals surface area (Å²) in [6.45, 7) is 1.47. The fourth-order valence-electron chi connectivity index (χ4n) is 2.69. The summed E-state index contributed by atoms with van der Waals surface area (Å²) >= 11 is 1.76. The van der Waals surface area contributed by atoms with E-state index in [1.165, 1.54) is 16.8 Å². The first-order chi connectivity index (χ1) is 11.8. The summed E-state index contributed by atoms with van der Waals surface area (Å²) in [5.74, 6) is 1.10. The largest absolute Gasteiger partial charge is 0.484 e. The van der Waals surface area contributed by atoms with Gasteiger partial charge in [-0.2, -0.15) is 0 Å². The van der Waals surface area contributed by atoms with E-state index in [4.69, 9.17) is 9.15 Å². The fourth-order valence-corrected chi connectivity index (χ4v) is 3.58. The molecule has 3 heterocycles. The molecule has 1 aromatic carbocycles. The number of ether oxygens (including phenoxy) is 1. The Balaban J connectivity index is 1.34. The number of benzene rings is 1. The third-order valence-corrected chi connectivity index (χ3v) is 5.01. The predicted octanol–water partition coefficient (Wildman–Crippen LogP) is 2.76. The van der Waals surface area contributed by atoms with Gasteiger partial charge in [-0.05, 0) is 47.7 Å². The summed E-state index contributed by atoms with van der Waals surface area (Å²) in [4.78, 5) is 15.6. The maximum Gasteiger partial charge on any atom is 0.260 e. The Morgan fingerprint density at radius 2 is 2.17 bits per heavy atom. The van der Waals surface area contributed by atoms with Gasteiger partial charge in [0.25, 0.3) is 5.91 Å². The Kier molecular flexibility index (Phi) is 4.00. The summed E-state index contributed by atoms with van der Waals surface area (Å²) in [6.07, 6.45) is 2.22. The van der Waals surface area contributed by atoms with Crippen LogP contribution in [0.3, 0.4) is 0 Å². The molecule has 4 rings (SSSR count). The smallest absolute Gasteiger partial charge is 0.260 e. The van der Waals surface area contributed by atoms with Gasteiger partial charge in [-0.15, -0.1) is 21.5 Å². The monoisotopic (exact) mass is 341 g/mol. The average molecular weight is 341 g/mol. The lowest BCUT2D eigenvalue weighted by molar-refractivity contribution is -0.134. The lowest BCUT2D eigenvalue weighted by Crippen LogP contribution is -2.38. The Bertz CT molecular complexity index is 827. The molecule has 0 saturated heterocycles. The van der Waals surface area contributed by atoms with Crippen molar-refractivity contribution >= 4 is 17.2 Å². The number of rotatable bonds is 4. The average Bonchev–Trinajstić information content (AvgIpc) is 3.30. The first kappa shape index (κ1) is 14.9. The molecular weight excluding hydrogens is 326 g/mol. The van der Waals surface area contributed by atoms with Crippen LogP contribution in [0.5, 0.6) is 5.75 Å². The second-order valence-electron chi connectivity index (χ2n) is 5.49. The maximum absolute atomic E-state index is 12.3. The van der Waals surface area contributed by atoms with E-state index in [1.54, 1.807) is 23.5 Å². The molecule has 1 amide bonds. The Labute approximate surface area is 142 Å². The number of carbonyl (C=O) groups is 1. The van der Waals surface area contributed by atoms with Crippen LogP contribution in [0.15, 0.2) is 46.5 Å². The van der Waals surface area contributed by atoms with Crippen LogP contribution in [0, 0.1) is 0 Å². The minimum atomic E-state index is 0.00725. The van der Waals surface area contributed by atoms with Crippen LogP contribution in [-0.4, -0.2) is 34.2 Å². The molecule has 0 aliphatic carbocycles. The van der Waals surface area contributed by atoms with Crippen molar-refractivity contribution in [2.24, 2.45) is 0 Å². The molecule has 6 nitrogen and oxygen atoms in total. The molecule has 0 saturated carbocycles. The van der Waals surface area contributed by atoms with E-state index >= 15 is 0 Å². The Morgan fingerprint density at radius 1 is 1.29 bits per heavy atom. The highest BCUT2D eigenvalue weighted by atomic mass is 32.1. The third-order valence-electron chi connectivity index (χ3n) is 3.98. The number of thiophene rings is 1. The van der Waals surface area contributed by atoms with Crippen LogP contribution >= 0.6 is 11.3 Å². The molecule has 0 atom stereocenters. The molecule has 1 aliphatic heterocycles. The topological polar surface area (TPSA) is 68.5 Å². The maximum atomic E-state index is 12.3. The molecule has 24 heavy (non-hydrogen) atoms. The van der Waals surface area contributed by atoms with Gasteiger partial charge >= 0.3 is 0 Å². The minimum Gasteiger partial charge on any atom is -0.484 e. The summed E-state index contributed by atoms with van der Waals surface area (Å²) in [6, 6.07) is 9.33. The second kappa shape index (κ2) is 6.45. The van der Waals surface area contributed by atoms with Gasteiger partial charge in [0, 0.05) is 23.5 Å². The molecular formula is C17H15N3O3S. The quantitative estimate of drug-likeness (QED) is 0.730. The van der Waals surface area contributed by atoms with Gasteiger partial charge in [0.2, 0.25) is 12.3 Å². The number of amides is 1. The molecule has 0 radical (unpaired) electrons. The highest BCUT2D eigenvalue weighted by Crippen LogP contribution is 2.24. The van der Waals surface area contributed by atoms with Gasteiger partial charge in [0.15, 0.2) is 6.61 Å². The minimum absolute atomic E-state index is 0.00725. The molecule has 0 spiro atoms. The van der Waals surface area contributed by atoms with Crippen molar-refractivity contribution in [3.05, 3.63) is 52.5 Å². The number of hydrogen-bond acceptors (Lipinski definition) is 6.